The molecule has 0 saturated heterocycles. The molecule has 0 spiro atoms. The van der Waals surface area contributed by atoms with Gasteiger partial charge in [0.2, 0.25) is 0 Å². The third-order valence-corrected chi connectivity index (χ3v) is 7.08. The number of halogens is 1. The highest BCUT2D eigenvalue weighted by atomic mass is 127. The quantitative estimate of drug-likeness (QED) is 0.404. The minimum absolute atomic E-state index is 0.184. The molecule has 1 N–H and O–H groups in total. The van der Waals surface area contributed by atoms with Crippen LogP contribution in [-0.2, 0) is 11.5 Å². The lowest BCUT2D eigenvalue weighted by Gasteiger charge is -2.15. The molecular weight excluding hydrogens is 433 g/mol. The highest BCUT2D eigenvalue weighted by Crippen LogP contribution is 2.34. The summed E-state index contributed by atoms with van der Waals surface area (Å²) >= 11 is 2.32. The normalized spacial score (nSPS) is 21.7. The lowest BCUT2D eigenvalue weighted by atomic mass is 10.0. The number of fused-ring (bicyclic) bond motifs is 1. The van der Waals surface area contributed by atoms with Gasteiger partial charge in [0.15, 0.2) is 5.65 Å². The summed E-state index contributed by atoms with van der Waals surface area (Å²) in [6, 6.07) is 1.17. The molecule has 2 aromatic rings. The van der Waals surface area contributed by atoms with Crippen LogP contribution in [0.5, 0.6) is 0 Å². The molecule has 2 atom stereocenters. The van der Waals surface area contributed by atoms with E-state index in [2.05, 4.69) is 53.4 Å². The Balaban J connectivity index is 1.72. The molecule has 7 heteroatoms. The van der Waals surface area contributed by atoms with Crippen LogP contribution in [0.2, 0.25) is 25.7 Å². The predicted octanol–water partition coefficient (Wildman–Crippen LogP) is 3.98. The van der Waals surface area contributed by atoms with Crippen molar-refractivity contribution in [3.8, 4) is 0 Å². The first kappa shape index (κ1) is 18.3. The summed E-state index contributed by atoms with van der Waals surface area (Å²) in [5, 5.41) is 9.74. The summed E-state index contributed by atoms with van der Waals surface area (Å²) in [6.45, 7) is 8.41. The van der Waals surface area contributed by atoms with Crippen LogP contribution in [0, 0.1) is 3.57 Å². The van der Waals surface area contributed by atoms with Crippen molar-refractivity contribution in [2.75, 3.05) is 6.61 Å². The average Bonchev–Trinajstić information content (AvgIpc) is 3.07. The van der Waals surface area contributed by atoms with Crippen LogP contribution in [0.1, 0.15) is 30.9 Å². The number of nitrogens with zero attached hydrogens (tertiary/aromatic N) is 3. The fourth-order valence-electron chi connectivity index (χ4n) is 3.09. The topological polar surface area (TPSA) is 60.2 Å². The molecule has 2 aromatic heterocycles. The molecule has 24 heavy (non-hydrogen) atoms. The molecule has 0 radical (unpaired) electrons. The Bertz CT molecular complexity index is 714. The fourth-order valence-corrected chi connectivity index (χ4v) is 4.54. The summed E-state index contributed by atoms with van der Waals surface area (Å²) < 4.78 is 9.00. The maximum Gasteiger partial charge on any atom is 0.161 e. The Hall–Kier alpha value is -0.513. The largest absolute Gasteiger partial charge is 0.393 e. The zero-order valence-corrected chi connectivity index (χ0v) is 17.8. The molecule has 0 aromatic carbocycles. The SMILES string of the molecule is C[Si](C)(C)CCOCn1cc(I)c2nc([C@H]3CC[C@@H](O)C3)cnc21. The first-order valence-electron chi connectivity index (χ1n) is 8.60. The number of hydrogen-bond acceptors (Lipinski definition) is 4. The molecule has 0 unspecified atom stereocenters. The zero-order chi connectivity index (χ0) is 17.3. The molecule has 1 aliphatic carbocycles. The molecule has 0 bridgehead atoms. The summed E-state index contributed by atoms with van der Waals surface area (Å²) in [6.07, 6.45) is 6.42. The number of rotatable bonds is 6. The Morgan fingerprint density at radius 3 is 2.83 bits per heavy atom. The highest BCUT2D eigenvalue weighted by Gasteiger charge is 2.26. The fraction of sp³-hybridized carbons (Fsp3) is 0.647. The van der Waals surface area contributed by atoms with Crippen LogP contribution in [0.15, 0.2) is 12.4 Å². The third-order valence-electron chi connectivity index (χ3n) is 4.59. The van der Waals surface area contributed by atoms with Crippen molar-refractivity contribution in [1.29, 1.82) is 0 Å². The number of aliphatic hydroxyl groups is 1. The minimum Gasteiger partial charge on any atom is -0.393 e. The van der Waals surface area contributed by atoms with Crippen molar-refractivity contribution in [3.05, 3.63) is 21.7 Å². The first-order chi connectivity index (χ1) is 11.3. The van der Waals surface area contributed by atoms with Crippen LogP contribution in [0.25, 0.3) is 11.2 Å². The van der Waals surface area contributed by atoms with Gasteiger partial charge in [0.25, 0.3) is 0 Å². The van der Waals surface area contributed by atoms with E-state index in [1.54, 1.807) is 0 Å². The van der Waals surface area contributed by atoms with E-state index in [0.29, 0.717) is 12.6 Å². The maximum absolute atomic E-state index is 9.74. The summed E-state index contributed by atoms with van der Waals surface area (Å²) in [5.74, 6) is 0.337. The summed E-state index contributed by atoms with van der Waals surface area (Å²) in [4.78, 5) is 9.47. The predicted molar refractivity (Wildman–Crippen MR) is 107 cm³/mol. The molecule has 5 nitrogen and oxygen atoms in total. The van der Waals surface area contributed by atoms with E-state index in [1.807, 2.05) is 10.8 Å². The second kappa shape index (κ2) is 7.39. The van der Waals surface area contributed by atoms with E-state index in [1.165, 1.54) is 6.04 Å². The van der Waals surface area contributed by atoms with Gasteiger partial charge in [-0.1, -0.05) is 19.6 Å². The van der Waals surface area contributed by atoms with Crippen molar-refractivity contribution in [2.45, 2.75) is 63.7 Å². The van der Waals surface area contributed by atoms with Gasteiger partial charge in [-0.2, -0.15) is 0 Å². The number of aromatic nitrogens is 3. The van der Waals surface area contributed by atoms with Gasteiger partial charge in [-0.3, -0.25) is 0 Å². The highest BCUT2D eigenvalue weighted by molar-refractivity contribution is 14.1. The molecule has 1 fully saturated rings. The summed E-state index contributed by atoms with van der Waals surface area (Å²) in [7, 11) is -1.06. The van der Waals surface area contributed by atoms with Crippen molar-refractivity contribution in [2.24, 2.45) is 0 Å². The third kappa shape index (κ3) is 4.36. The van der Waals surface area contributed by atoms with Crippen LogP contribution in [-0.4, -0.2) is 40.4 Å². The van der Waals surface area contributed by atoms with E-state index in [-0.39, 0.29) is 6.10 Å². The van der Waals surface area contributed by atoms with Gasteiger partial charge in [-0.05, 0) is 47.9 Å². The van der Waals surface area contributed by atoms with Crippen LogP contribution < -0.4 is 0 Å². The smallest absolute Gasteiger partial charge is 0.161 e. The van der Waals surface area contributed by atoms with E-state index < -0.39 is 8.07 Å². The first-order valence-corrected chi connectivity index (χ1v) is 13.4. The zero-order valence-electron chi connectivity index (χ0n) is 14.6. The van der Waals surface area contributed by atoms with E-state index in [0.717, 1.165) is 46.3 Å². The maximum atomic E-state index is 9.74. The Morgan fingerprint density at radius 2 is 2.17 bits per heavy atom. The van der Waals surface area contributed by atoms with Crippen molar-refractivity contribution in [3.63, 3.8) is 0 Å². The van der Waals surface area contributed by atoms with Gasteiger partial charge in [-0.15, -0.1) is 0 Å². The van der Waals surface area contributed by atoms with Gasteiger partial charge < -0.3 is 14.4 Å². The van der Waals surface area contributed by atoms with Crippen LogP contribution >= 0.6 is 22.6 Å². The molecular formula is C17H26IN3O2Si. The van der Waals surface area contributed by atoms with Crippen molar-refractivity contribution in [1.82, 2.24) is 14.5 Å². The van der Waals surface area contributed by atoms with Crippen LogP contribution in [0.3, 0.4) is 0 Å². The van der Waals surface area contributed by atoms with Crippen molar-refractivity contribution < 1.29 is 9.84 Å². The Kier molecular flexibility index (Phi) is 5.63. The van der Waals surface area contributed by atoms with Crippen LogP contribution in [0.4, 0.5) is 0 Å². The summed E-state index contributed by atoms with van der Waals surface area (Å²) in [5.41, 5.74) is 2.84. The second-order valence-electron chi connectivity index (χ2n) is 7.93. The van der Waals surface area contributed by atoms with E-state index in [4.69, 9.17) is 9.72 Å². The van der Waals surface area contributed by atoms with E-state index >= 15 is 0 Å². The minimum atomic E-state index is -1.06. The number of hydrogen-bond donors (Lipinski definition) is 1. The van der Waals surface area contributed by atoms with Gasteiger partial charge in [0.05, 0.1) is 21.6 Å². The Labute approximate surface area is 158 Å². The van der Waals surface area contributed by atoms with Gasteiger partial charge >= 0.3 is 0 Å². The van der Waals surface area contributed by atoms with Crippen molar-refractivity contribution >= 4 is 41.8 Å². The van der Waals surface area contributed by atoms with E-state index in [9.17, 15) is 5.11 Å². The molecule has 132 valence electrons. The molecule has 1 aliphatic rings. The second-order valence-corrected chi connectivity index (χ2v) is 14.7. The van der Waals surface area contributed by atoms with Gasteiger partial charge in [-0.25, -0.2) is 9.97 Å². The lowest BCUT2D eigenvalue weighted by Crippen LogP contribution is -2.22. The molecule has 3 rings (SSSR count). The molecule has 1 saturated carbocycles. The molecule has 0 amide bonds. The lowest BCUT2D eigenvalue weighted by molar-refractivity contribution is 0.0898. The average molecular weight is 459 g/mol. The Morgan fingerprint density at radius 1 is 1.38 bits per heavy atom. The number of aliphatic hydroxyl groups excluding tert-OH is 1. The standard InChI is InChI=1S/C17H26IN3O2Si/c1-24(2,3)7-6-23-11-21-10-14(18)16-17(21)19-9-15(20-16)12-4-5-13(22)8-12/h9-10,12-13,22H,4-8,11H2,1-3H3/t12-,13+/m0/s1. The number of ether oxygens (including phenoxy) is 1. The molecule has 2 heterocycles. The molecule has 0 aliphatic heterocycles. The van der Waals surface area contributed by atoms with Gasteiger partial charge in [0, 0.05) is 26.8 Å². The monoisotopic (exact) mass is 459 g/mol. The van der Waals surface area contributed by atoms with Gasteiger partial charge in [0.1, 0.15) is 12.2 Å².